The van der Waals surface area contributed by atoms with Crippen LogP contribution in [-0.2, 0) is 0 Å². The van der Waals surface area contributed by atoms with Crippen LogP contribution in [0, 0.1) is 0 Å². The molecule has 0 amide bonds. The predicted octanol–water partition coefficient (Wildman–Crippen LogP) is 8.86. The van der Waals surface area contributed by atoms with Gasteiger partial charge in [0.1, 0.15) is 0 Å². The molecule has 0 N–H and O–H groups in total. The molecule has 0 aliphatic rings. The smallest absolute Gasteiger partial charge is 0.164 e. The molecule has 4 heteroatoms. The molecule has 1 aromatic heterocycles. The first-order valence-corrected chi connectivity index (χ1v) is 12.5. The fourth-order valence-electron chi connectivity index (χ4n) is 4.37. The summed E-state index contributed by atoms with van der Waals surface area (Å²) in [5.41, 5.74) is 7.19. The third-order valence-corrected chi connectivity index (χ3v) is 6.46. The summed E-state index contributed by atoms with van der Waals surface area (Å²) in [5.74, 6) is 1.81. The van der Waals surface area contributed by atoms with Crippen LogP contribution in [0.1, 0.15) is 0 Å². The van der Waals surface area contributed by atoms with Crippen molar-refractivity contribution in [3.8, 4) is 56.4 Å². The summed E-state index contributed by atoms with van der Waals surface area (Å²) in [7, 11) is 0. The Morgan fingerprint density at radius 1 is 0.351 bits per heavy atom. The topological polar surface area (TPSA) is 38.7 Å². The van der Waals surface area contributed by atoms with Gasteiger partial charge in [0.2, 0.25) is 0 Å². The summed E-state index contributed by atoms with van der Waals surface area (Å²) in [6.45, 7) is 0. The van der Waals surface area contributed by atoms with E-state index < -0.39 is 0 Å². The van der Waals surface area contributed by atoms with Gasteiger partial charge in [0, 0.05) is 21.7 Å². The molecule has 0 fully saturated rings. The quantitative estimate of drug-likeness (QED) is 0.240. The van der Waals surface area contributed by atoms with Gasteiger partial charge < -0.3 is 0 Å². The van der Waals surface area contributed by atoms with Crippen molar-refractivity contribution in [3.05, 3.63) is 138 Å². The fourth-order valence-corrected chi connectivity index (χ4v) is 4.56. The molecule has 3 nitrogen and oxygen atoms in total. The summed E-state index contributed by atoms with van der Waals surface area (Å²) in [5, 5.41) is 0.637. The minimum absolute atomic E-state index is 0.581. The molecule has 0 saturated heterocycles. The van der Waals surface area contributed by atoms with Crippen molar-refractivity contribution in [2.45, 2.75) is 0 Å². The van der Waals surface area contributed by atoms with Crippen molar-refractivity contribution in [1.82, 2.24) is 15.0 Å². The van der Waals surface area contributed by atoms with E-state index in [9.17, 15) is 0 Å². The van der Waals surface area contributed by atoms with E-state index in [1.807, 2.05) is 72.8 Å². The maximum Gasteiger partial charge on any atom is 0.164 e. The molecule has 5 aromatic carbocycles. The average Bonchev–Trinajstić information content (AvgIpc) is 2.98. The number of benzene rings is 5. The van der Waals surface area contributed by atoms with Gasteiger partial charge in [0.25, 0.3) is 0 Å². The highest BCUT2D eigenvalue weighted by molar-refractivity contribution is 6.30. The monoisotopic (exact) mass is 495 g/mol. The Balaban J connectivity index is 1.51. The lowest BCUT2D eigenvalue weighted by Crippen LogP contribution is -2.01. The van der Waals surface area contributed by atoms with Crippen LogP contribution in [0.15, 0.2) is 133 Å². The van der Waals surface area contributed by atoms with Crippen molar-refractivity contribution in [2.75, 3.05) is 0 Å². The maximum absolute atomic E-state index is 6.32. The summed E-state index contributed by atoms with van der Waals surface area (Å²) in [6.07, 6.45) is 0. The van der Waals surface area contributed by atoms with Crippen LogP contribution in [0.2, 0.25) is 5.02 Å². The second-order valence-electron chi connectivity index (χ2n) is 8.67. The second kappa shape index (κ2) is 10.2. The van der Waals surface area contributed by atoms with Crippen LogP contribution < -0.4 is 0 Å². The molecular formula is C33H22ClN3. The first-order valence-electron chi connectivity index (χ1n) is 12.1. The van der Waals surface area contributed by atoms with Crippen molar-refractivity contribution < 1.29 is 0 Å². The van der Waals surface area contributed by atoms with Crippen molar-refractivity contribution >= 4 is 11.6 Å². The van der Waals surface area contributed by atoms with E-state index in [4.69, 9.17) is 26.6 Å². The van der Waals surface area contributed by atoms with E-state index in [1.165, 1.54) is 5.56 Å². The minimum atomic E-state index is 0.581. The standard InChI is InChI=1S/C33H22ClN3/c34-28-15-9-14-27(22-28)32-35-31(26-20-18-24(19-21-26)23-10-3-1-4-11-23)36-33(37-32)30-17-8-7-16-29(30)25-12-5-2-6-13-25/h1-22H. The van der Waals surface area contributed by atoms with E-state index in [2.05, 4.69) is 60.7 Å². The zero-order valence-corrected chi connectivity index (χ0v) is 20.7. The third kappa shape index (κ3) is 4.90. The number of aromatic nitrogens is 3. The van der Waals surface area contributed by atoms with E-state index in [0.717, 1.165) is 33.4 Å². The molecular weight excluding hydrogens is 474 g/mol. The van der Waals surface area contributed by atoms with Gasteiger partial charge in [-0.15, -0.1) is 0 Å². The molecule has 0 atom stereocenters. The third-order valence-electron chi connectivity index (χ3n) is 6.22. The molecule has 37 heavy (non-hydrogen) atoms. The number of rotatable bonds is 5. The Bertz CT molecular complexity index is 1660. The number of halogens is 1. The highest BCUT2D eigenvalue weighted by Gasteiger charge is 2.15. The van der Waals surface area contributed by atoms with Gasteiger partial charge in [-0.3, -0.25) is 0 Å². The van der Waals surface area contributed by atoms with Crippen LogP contribution >= 0.6 is 11.6 Å². The maximum atomic E-state index is 6.32. The van der Waals surface area contributed by atoms with Crippen LogP contribution in [0.4, 0.5) is 0 Å². The molecule has 0 aliphatic carbocycles. The van der Waals surface area contributed by atoms with Gasteiger partial charge >= 0.3 is 0 Å². The molecule has 176 valence electrons. The normalized spacial score (nSPS) is 10.8. The van der Waals surface area contributed by atoms with Gasteiger partial charge in [-0.05, 0) is 34.4 Å². The van der Waals surface area contributed by atoms with E-state index in [0.29, 0.717) is 22.5 Å². The van der Waals surface area contributed by atoms with E-state index >= 15 is 0 Å². The molecule has 0 bridgehead atoms. The second-order valence-corrected chi connectivity index (χ2v) is 9.11. The van der Waals surface area contributed by atoms with Crippen LogP contribution in [0.5, 0.6) is 0 Å². The molecule has 1 heterocycles. The summed E-state index contributed by atoms with van der Waals surface area (Å²) >= 11 is 6.32. The fraction of sp³-hybridized carbons (Fsp3) is 0. The van der Waals surface area contributed by atoms with E-state index in [-0.39, 0.29) is 0 Å². The van der Waals surface area contributed by atoms with Gasteiger partial charge in [0.05, 0.1) is 0 Å². The molecule has 0 saturated carbocycles. The average molecular weight is 496 g/mol. The molecule has 0 aliphatic heterocycles. The SMILES string of the molecule is Clc1cccc(-c2nc(-c3ccc(-c4ccccc4)cc3)nc(-c3ccccc3-c3ccccc3)n2)c1. The first kappa shape index (κ1) is 22.8. The number of nitrogens with zero attached hydrogens (tertiary/aromatic N) is 3. The molecule has 0 unspecified atom stereocenters. The van der Waals surface area contributed by atoms with Gasteiger partial charge in [-0.2, -0.15) is 0 Å². The largest absolute Gasteiger partial charge is 0.208 e. The van der Waals surface area contributed by atoms with Crippen LogP contribution in [0.25, 0.3) is 56.4 Å². The zero-order chi connectivity index (χ0) is 25.0. The molecule has 0 radical (unpaired) electrons. The Kier molecular flexibility index (Phi) is 6.28. The minimum Gasteiger partial charge on any atom is -0.208 e. The highest BCUT2D eigenvalue weighted by atomic mass is 35.5. The number of hydrogen-bond donors (Lipinski definition) is 0. The lowest BCUT2D eigenvalue weighted by atomic mass is 9.99. The van der Waals surface area contributed by atoms with Gasteiger partial charge in [-0.1, -0.05) is 133 Å². The zero-order valence-electron chi connectivity index (χ0n) is 19.9. The molecule has 6 aromatic rings. The summed E-state index contributed by atoms with van der Waals surface area (Å²) in [4.78, 5) is 14.7. The number of hydrogen-bond acceptors (Lipinski definition) is 3. The first-order chi connectivity index (χ1) is 18.2. The van der Waals surface area contributed by atoms with Crippen molar-refractivity contribution in [3.63, 3.8) is 0 Å². The summed E-state index contributed by atoms with van der Waals surface area (Å²) < 4.78 is 0. The van der Waals surface area contributed by atoms with Gasteiger partial charge in [-0.25, -0.2) is 15.0 Å². The lowest BCUT2D eigenvalue weighted by Gasteiger charge is -2.12. The Labute approximate surface area is 221 Å². The van der Waals surface area contributed by atoms with Gasteiger partial charge in [0.15, 0.2) is 17.5 Å². The van der Waals surface area contributed by atoms with Crippen molar-refractivity contribution in [1.29, 1.82) is 0 Å². The lowest BCUT2D eigenvalue weighted by molar-refractivity contribution is 1.07. The predicted molar refractivity (Wildman–Crippen MR) is 152 cm³/mol. The highest BCUT2D eigenvalue weighted by Crippen LogP contribution is 2.33. The molecule has 6 rings (SSSR count). The van der Waals surface area contributed by atoms with Crippen molar-refractivity contribution in [2.24, 2.45) is 0 Å². The van der Waals surface area contributed by atoms with E-state index in [1.54, 1.807) is 0 Å². The van der Waals surface area contributed by atoms with Crippen LogP contribution in [-0.4, -0.2) is 15.0 Å². The molecule has 0 spiro atoms. The Hall–Kier alpha value is -4.60. The van der Waals surface area contributed by atoms with Crippen LogP contribution in [0.3, 0.4) is 0 Å². The summed E-state index contributed by atoms with van der Waals surface area (Å²) in [6, 6.07) is 44.8. The Morgan fingerprint density at radius 2 is 0.838 bits per heavy atom. The Morgan fingerprint density at radius 3 is 1.51 bits per heavy atom.